The molecule has 164 valence electrons. The summed E-state index contributed by atoms with van der Waals surface area (Å²) in [5.74, 6) is -1.21. The highest BCUT2D eigenvalue weighted by Gasteiger charge is 2.30. The number of hydrogen-bond acceptors (Lipinski definition) is 2. The molecule has 3 aromatic carbocycles. The Balaban J connectivity index is 1.84. The van der Waals surface area contributed by atoms with E-state index in [0.29, 0.717) is 20.9 Å². The van der Waals surface area contributed by atoms with Crippen LogP contribution >= 0.6 is 23.2 Å². The molecule has 1 heterocycles. The van der Waals surface area contributed by atoms with Crippen molar-refractivity contribution in [3.63, 3.8) is 0 Å². The van der Waals surface area contributed by atoms with Crippen molar-refractivity contribution in [3.8, 4) is 11.5 Å². The van der Waals surface area contributed by atoms with E-state index in [1.807, 2.05) is 0 Å². The molecule has 0 bridgehead atoms. The largest absolute Gasteiger partial charge is 0.476 e. The fourth-order valence-corrected chi connectivity index (χ4v) is 3.68. The van der Waals surface area contributed by atoms with Crippen LogP contribution in [-0.4, -0.2) is 15.6 Å². The number of benzene rings is 3. The molecule has 4 nitrogen and oxygen atoms in total. The monoisotopic (exact) mass is 479 g/mol. The number of carboxylic acids is 1. The van der Waals surface area contributed by atoms with E-state index in [0.717, 1.165) is 29.8 Å². The molecule has 0 unspecified atom stereocenters. The quantitative estimate of drug-likeness (QED) is 0.322. The lowest BCUT2D eigenvalue weighted by molar-refractivity contribution is -0.137. The molecule has 0 amide bonds. The van der Waals surface area contributed by atoms with Gasteiger partial charge in [0.25, 0.3) is 0 Å². The van der Waals surface area contributed by atoms with E-state index < -0.39 is 17.7 Å². The third-order valence-corrected chi connectivity index (χ3v) is 5.32. The second-order valence-corrected chi connectivity index (χ2v) is 7.85. The van der Waals surface area contributed by atoms with Gasteiger partial charge in [-0.3, -0.25) is 0 Å². The number of carbonyl (C=O) groups is 1. The molecule has 4 aromatic rings. The topological polar surface area (TPSA) is 51.5 Å². The molecule has 0 spiro atoms. The van der Waals surface area contributed by atoms with E-state index in [-0.39, 0.29) is 23.7 Å². The van der Waals surface area contributed by atoms with E-state index >= 15 is 0 Å². The van der Waals surface area contributed by atoms with Crippen LogP contribution in [0.4, 0.5) is 13.2 Å². The Hall–Kier alpha value is -3.16. The van der Waals surface area contributed by atoms with Crippen LogP contribution < -0.4 is 4.74 Å². The Morgan fingerprint density at radius 1 is 0.938 bits per heavy atom. The van der Waals surface area contributed by atoms with Crippen molar-refractivity contribution < 1.29 is 27.8 Å². The highest BCUT2D eigenvalue weighted by atomic mass is 35.5. The lowest BCUT2D eigenvalue weighted by atomic mass is 10.2. The Kier molecular flexibility index (Phi) is 5.79. The SMILES string of the molecule is O=C(O)c1c(Oc2ccc(C(F)(F)F)cc2)c2cc(Cl)ccc2n1Cc1ccc(Cl)cc1. The van der Waals surface area contributed by atoms with Gasteiger partial charge in [-0.1, -0.05) is 35.3 Å². The molecule has 0 saturated carbocycles. The van der Waals surface area contributed by atoms with Crippen molar-refractivity contribution in [2.75, 3.05) is 0 Å². The summed E-state index contributed by atoms with van der Waals surface area (Å²) in [5, 5.41) is 11.3. The fourth-order valence-electron chi connectivity index (χ4n) is 3.38. The van der Waals surface area contributed by atoms with Gasteiger partial charge in [0.05, 0.1) is 11.1 Å². The third kappa shape index (κ3) is 4.40. The number of ether oxygens (including phenoxy) is 1. The molecule has 9 heteroatoms. The first-order valence-corrected chi connectivity index (χ1v) is 10.0. The van der Waals surface area contributed by atoms with Gasteiger partial charge in [0, 0.05) is 22.0 Å². The van der Waals surface area contributed by atoms with Crippen LogP contribution in [0.5, 0.6) is 11.5 Å². The highest BCUT2D eigenvalue weighted by Crippen LogP contribution is 2.39. The van der Waals surface area contributed by atoms with E-state index in [9.17, 15) is 23.1 Å². The maximum atomic E-state index is 12.9. The number of alkyl halides is 3. The summed E-state index contributed by atoms with van der Waals surface area (Å²) in [6, 6.07) is 15.8. The van der Waals surface area contributed by atoms with Crippen molar-refractivity contribution in [3.05, 3.63) is 93.6 Å². The zero-order valence-electron chi connectivity index (χ0n) is 16.2. The maximum absolute atomic E-state index is 12.9. The number of hydrogen-bond donors (Lipinski definition) is 1. The van der Waals surface area contributed by atoms with Crippen LogP contribution in [0.15, 0.2) is 66.7 Å². The summed E-state index contributed by atoms with van der Waals surface area (Å²) < 4.78 is 45.9. The summed E-state index contributed by atoms with van der Waals surface area (Å²) in [5.41, 5.74) is 0.349. The minimum atomic E-state index is -4.49. The first-order valence-electron chi connectivity index (χ1n) is 9.28. The van der Waals surface area contributed by atoms with E-state index in [2.05, 4.69) is 0 Å². The minimum absolute atomic E-state index is 0.0104. The summed E-state index contributed by atoms with van der Waals surface area (Å²) in [7, 11) is 0. The zero-order chi connectivity index (χ0) is 23.0. The van der Waals surface area contributed by atoms with Crippen molar-refractivity contribution in [1.29, 1.82) is 0 Å². The molecule has 0 aliphatic rings. The Morgan fingerprint density at radius 2 is 1.56 bits per heavy atom. The Bertz CT molecular complexity index is 1300. The van der Waals surface area contributed by atoms with Gasteiger partial charge in [0.15, 0.2) is 11.4 Å². The lowest BCUT2D eigenvalue weighted by Crippen LogP contribution is -2.10. The van der Waals surface area contributed by atoms with Gasteiger partial charge in [-0.2, -0.15) is 13.2 Å². The number of aromatic carboxylic acids is 1. The average Bonchev–Trinajstić information content (AvgIpc) is 3.02. The lowest BCUT2D eigenvalue weighted by Gasteiger charge is -2.11. The van der Waals surface area contributed by atoms with Crippen LogP contribution in [0.3, 0.4) is 0 Å². The van der Waals surface area contributed by atoms with Gasteiger partial charge in [-0.05, 0) is 60.2 Å². The van der Waals surface area contributed by atoms with E-state index in [4.69, 9.17) is 27.9 Å². The number of nitrogens with zero attached hydrogens (tertiary/aromatic N) is 1. The molecule has 0 radical (unpaired) electrons. The second-order valence-electron chi connectivity index (χ2n) is 6.98. The first-order chi connectivity index (χ1) is 15.1. The van der Waals surface area contributed by atoms with E-state index in [1.54, 1.807) is 47.0 Å². The normalized spacial score (nSPS) is 11.7. The smallest absolute Gasteiger partial charge is 0.416 e. The summed E-state index contributed by atoms with van der Waals surface area (Å²) in [6.07, 6.45) is -4.49. The molecule has 4 rings (SSSR count). The molecule has 0 aliphatic heterocycles. The first kappa shape index (κ1) is 22.0. The molecule has 0 aliphatic carbocycles. The molecule has 0 atom stereocenters. The second kappa shape index (κ2) is 8.41. The summed E-state index contributed by atoms with van der Waals surface area (Å²) in [6.45, 7) is 0.202. The van der Waals surface area contributed by atoms with Gasteiger partial charge < -0.3 is 14.4 Å². The minimum Gasteiger partial charge on any atom is -0.476 e. The van der Waals surface area contributed by atoms with Crippen molar-refractivity contribution in [2.45, 2.75) is 12.7 Å². The number of fused-ring (bicyclic) bond motifs is 1. The van der Waals surface area contributed by atoms with Crippen molar-refractivity contribution >= 4 is 40.1 Å². The van der Waals surface area contributed by atoms with Gasteiger partial charge in [0.1, 0.15) is 5.75 Å². The summed E-state index contributed by atoms with van der Waals surface area (Å²) in [4.78, 5) is 12.2. The third-order valence-electron chi connectivity index (χ3n) is 4.84. The average molecular weight is 480 g/mol. The number of halogens is 5. The highest BCUT2D eigenvalue weighted by molar-refractivity contribution is 6.31. The molecule has 1 aromatic heterocycles. The molecule has 0 fully saturated rings. The molecule has 1 N–H and O–H groups in total. The van der Waals surface area contributed by atoms with Crippen molar-refractivity contribution in [2.24, 2.45) is 0 Å². The van der Waals surface area contributed by atoms with E-state index in [1.165, 1.54) is 0 Å². The number of rotatable bonds is 5. The molecular weight excluding hydrogens is 466 g/mol. The number of carboxylic acid groups (broad SMARTS) is 1. The van der Waals surface area contributed by atoms with Gasteiger partial charge in [-0.15, -0.1) is 0 Å². The molecule has 0 saturated heterocycles. The summed E-state index contributed by atoms with van der Waals surface area (Å²) >= 11 is 12.1. The Labute approximate surface area is 190 Å². The van der Waals surface area contributed by atoms with Gasteiger partial charge in [0.2, 0.25) is 0 Å². The fraction of sp³-hybridized carbons (Fsp3) is 0.0870. The molecular formula is C23H14Cl2F3NO3. The maximum Gasteiger partial charge on any atom is 0.416 e. The predicted molar refractivity (Wildman–Crippen MR) is 116 cm³/mol. The Morgan fingerprint density at radius 3 is 2.16 bits per heavy atom. The standard InChI is InChI=1S/C23H14Cl2F3NO3/c24-15-5-1-13(2-6-15)12-29-19-10-7-16(25)11-18(19)21(20(29)22(30)31)32-17-8-3-14(4-9-17)23(26,27)28/h1-11H,12H2,(H,30,31). The number of aromatic nitrogens is 1. The van der Waals surface area contributed by atoms with Crippen LogP contribution in [0.2, 0.25) is 10.0 Å². The zero-order valence-corrected chi connectivity index (χ0v) is 17.7. The van der Waals surface area contributed by atoms with Gasteiger partial charge >= 0.3 is 12.1 Å². The molecule has 32 heavy (non-hydrogen) atoms. The van der Waals surface area contributed by atoms with Crippen LogP contribution in [0.1, 0.15) is 21.6 Å². The van der Waals surface area contributed by atoms with Crippen molar-refractivity contribution in [1.82, 2.24) is 4.57 Å². The van der Waals surface area contributed by atoms with Crippen LogP contribution in [0.25, 0.3) is 10.9 Å². The van der Waals surface area contributed by atoms with Crippen LogP contribution in [-0.2, 0) is 12.7 Å². The van der Waals surface area contributed by atoms with Crippen LogP contribution in [0, 0.1) is 0 Å². The van der Waals surface area contributed by atoms with Gasteiger partial charge in [-0.25, -0.2) is 4.79 Å². The predicted octanol–water partition coefficient (Wildman–Crippen LogP) is 7.51.